The third kappa shape index (κ3) is 4.47. The lowest BCUT2D eigenvalue weighted by atomic mass is 9.74. The van der Waals surface area contributed by atoms with Crippen LogP contribution in [0.4, 0.5) is 0 Å². The fourth-order valence-corrected chi connectivity index (χ4v) is 4.73. The largest absolute Gasteiger partial charge is 0.481 e. The van der Waals surface area contributed by atoms with E-state index in [1.165, 1.54) is 5.56 Å². The number of carboxylic acids is 1. The zero-order valence-electron chi connectivity index (χ0n) is 15.6. The van der Waals surface area contributed by atoms with Crippen molar-refractivity contribution in [3.63, 3.8) is 0 Å². The first-order valence-electron chi connectivity index (χ1n) is 10.2. The van der Waals surface area contributed by atoms with Crippen molar-refractivity contribution < 1.29 is 20.1 Å². The van der Waals surface area contributed by atoms with E-state index in [2.05, 4.69) is 12.1 Å². The molecule has 0 aliphatic heterocycles. The minimum atomic E-state index is -0.709. The van der Waals surface area contributed by atoms with Crippen molar-refractivity contribution >= 4 is 5.97 Å². The van der Waals surface area contributed by atoms with Crippen LogP contribution in [0.1, 0.15) is 87.7 Å². The first kappa shape index (κ1) is 19.4. The summed E-state index contributed by atoms with van der Waals surface area (Å²) in [5, 5.41) is 29.6. The molecule has 144 valence electrons. The molecular weight excluding hydrogens is 328 g/mol. The summed E-state index contributed by atoms with van der Waals surface area (Å²) in [5.74, 6) is -0.0137. The van der Waals surface area contributed by atoms with Crippen LogP contribution in [0, 0.1) is 5.92 Å². The van der Waals surface area contributed by atoms with Crippen molar-refractivity contribution in [1.29, 1.82) is 0 Å². The van der Waals surface area contributed by atoms with E-state index >= 15 is 0 Å². The number of aliphatic hydroxyl groups excluding tert-OH is 1. The van der Waals surface area contributed by atoms with Gasteiger partial charge in [-0.05, 0) is 62.0 Å². The maximum atomic E-state index is 10.5. The Kier molecular flexibility index (Phi) is 6.36. The number of aliphatic carboxylic acids is 1. The lowest BCUT2D eigenvalue weighted by Gasteiger charge is -2.37. The fourth-order valence-electron chi connectivity index (χ4n) is 4.73. The van der Waals surface area contributed by atoms with E-state index in [9.17, 15) is 15.0 Å². The summed E-state index contributed by atoms with van der Waals surface area (Å²) in [6.45, 7) is 0. The Morgan fingerprint density at radius 2 is 1.73 bits per heavy atom. The number of carboxylic acid groups (broad SMARTS) is 1. The van der Waals surface area contributed by atoms with E-state index in [1.54, 1.807) is 0 Å². The van der Waals surface area contributed by atoms with Crippen molar-refractivity contribution in [2.45, 2.75) is 88.3 Å². The molecule has 0 spiro atoms. The van der Waals surface area contributed by atoms with Gasteiger partial charge >= 0.3 is 5.97 Å². The van der Waals surface area contributed by atoms with E-state index in [0.29, 0.717) is 5.92 Å². The van der Waals surface area contributed by atoms with Crippen LogP contribution in [0.2, 0.25) is 0 Å². The molecule has 3 atom stereocenters. The quantitative estimate of drug-likeness (QED) is 0.573. The predicted molar refractivity (Wildman–Crippen MR) is 101 cm³/mol. The van der Waals surface area contributed by atoms with Crippen molar-refractivity contribution in [1.82, 2.24) is 0 Å². The van der Waals surface area contributed by atoms with Gasteiger partial charge in [-0.3, -0.25) is 4.79 Å². The molecule has 1 aromatic rings. The van der Waals surface area contributed by atoms with E-state index < -0.39 is 11.6 Å². The van der Waals surface area contributed by atoms with Crippen LogP contribution in [0.15, 0.2) is 24.3 Å². The molecule has 3 rings (SSSR count). The number of aliphatic hydroxyl groups is 2. The minimum Gasteiger partial charge on any atom is -0.481 e. The van der Waals surface area contributed by atoms with Gasteiger partial charge in [0.15, 0.2) is 0 Å². The van der Waals surface area contributed by atoms with Crippen LogP contribution in [0.25, 0.3) is 0 Å². The highest BCUT2D eigenvalue weighted by molar-refractivity contribution is 5.66. The Labute approximate surface area is 156 Å². The third-order valence-electron chi connectivity index (χ3n) is 6.48. The Balaban J connectivity index is 1.52. The lowest BCUT2D eigenvalue weighted by Crippen LogP contribution is -2.33. The second-order valence-corrected chi connectivity index (χ2v) is 8.28. The van der Waals surface area contributed by atoms with Gasteiger partial charge in [-0.1, -0.05) is 43.5 Å². The van der Waals surface area contributed by atoms with Crippen LogP contribution in [0.3, 0.4) is 0 Å². The standard InChI is InChI=1S/C22H32O4/c23-19-13-10-16(6-3-1-2-4-7-20(24)25)21(19)17-8-11-18(12-9-17)22(26)14-5-15-22/h8-9,11-12,16,19,21,23,26H,1-7,10,13-15H2,(H,24,25)/t16-,19+,21-/m0/s1. The maximum absolute atomic E-state index is 10.5. The predicted octanol–water partition coefficient (Wildman–Crippen LogP) is 4.34. The highest BCUT2D eigenvalue weighted by Crippen LogP contribution is 2.44. The van der Waals surface area contributed by atoms with Crippen molar-refractivity contribution in [3.8, 4) is 0 Å². The lowest BCUT2D eigenvalue weighted by molar-refractivity contribution is -0.137. The van der Waals surface area contributed by atoms with Gasteiger partial charge in [0.2, 0.25) is 0 Å². The molecule has 0 radical (unpaired) electrons. The zero-order valence-corrected chi connectivity index (χ0v) is 15.6. The summed E-state index contributed by atoms with van der Waals surface area (Å²) < 4.78 is 0. The molecule has 0 unspecified atom stereocenters. The molecule has 2 aliphatic carbocycles. The normalized spacial score (nSPS) is 27.2. The molecule has 4 heteroatoms. The second kappa shape index (κ2) is 8.53. The van der Waals surface area contributed by atoms with Crippen molar-refractivity contribution in [3.05, 3.63) is 35.4 Å². The monoisotopic (exact) mass is 360 g/mol. The number of hydrogen-bond donors (Lipinski definition) is 3. The van der Waals surface area contributed by atoms with Gasteiger partial charge in [0.25, 0.3) is 0 Å². The van der Waals surface area contributed by atoms with Crippen LogP contribution in [0.5, 0.6) is 0 Å². The smallest absolute Gasteiger partial charge is 0.303 e. The number of carbonyl (C=O) groups is 1. The molecule has 4 nitrogen and oxygen atoms in total. The topological polar surface area (TPSA) is 77.8 Å². The Morgan fingerprint density at radius 3 is 2.35 bits per heavy atom. The molecule has 1 aromatic carbocycles. The van der Waals surface area contributed by atoms with E-state index in [1.807, 2.05) is 12.1 Å². The molecule has 0 aromatic heterocycles. The first-order valence-corrected chi connectivity index (χ1v) is 10.2. The first-order chi connectivity index (χ1) is 12.5. The number of unbranched alkanes of at least 4 members (excludes halogenated alkanes) is 3. The summed E-state index contributed by atoms with van der Waals surface area (Å²) in [6, 6.07) is 8.29. The minimum absolute atomic E-state index is 0.194. The molecule has 26 heavy (non-hydrogen) atoms. The van der Waals surface area contributed by atoms with Gasteiger partial charge in [0.1, 0.15) is 0 Å². The SMILES string of the molecule is O=C(O)CCCCCC[C@H]1CC[C@@H](O)[C@@H]1c1ccc(C2(O)CCC2)cc1. The molecule has 0 amide bonds. The molecule has 2 fully saturated rings. The second-order valence-electron chi connectivity index (χ2n) is 8.28. The highest BCUT2D eigenvalue weighted by atomic mass is 16.4. The van der Waals surface area contributed by atoms with Crippen LogP contribution >= 0.6 is 0 Å². The number of hydrogen-bond acceptors (Lipinski definition) is 3. The Morgan fingerprint density at radius 1 is 1.04 bits per heavy atom. The molecule has 0 saturated heterocycles. The molecule has 0 heterocycles. The number of rotatable bonds is 9. The molecular formula is C22H32O4. The van der Waals surface area contributed by atoms with E-state index in [4.69, 9.17) is 5.11 Å². The van der Waals surface area contributed by atoms with Crippen LogP contribution in [-0.2, 0) is 10.4 Å². The van der Waals surface area contributed by atoms with Crippen molar-refractivity contribution in [2.24, 2.45) is 5.92 Å². The van der Waals surface area contributed by atoms with Gasteiger partial charge in [-0.25, -0.2) is 0 Å². The molecule has 2 saturated carbocycles. The Bertz CT molecular complexity index is 591. The summed E-state index contributed by atoms with van der Waals surface area (Å²) in [4.78, 5) is 10.5. The molecule has 2 aliphatic rings. The summed E-state index contributed by atoms with van der Waals surface area (Å²) in [6.07, 6.45) is 9.71. The number of benzene rings is 1. The average molecular weight is 360 g/mol. The van der Waals surface area contributed by atoms with Gasteiger partial charge in [0.05, 0.1) is 11.7 Å². The van der Waals surface area contributed by atoms with Gasteiger partial charge < -0.3 is 15.3 Å². The third-order valence-corrected chi connectivity index (χ3v) is 6.48. The zero-order chi connectivity index (χ0) is 18.6. The molecule has 3 N–H and O–H groups in total. The van der Waals surface area contributed by atoms with Gasteiger partial charge in [-0.15, -0.1) is 0 Å². The van der Waals surface area contributed by atoms with Crippen molar-refractivity contribution in [2.75, 3.05) is 0 Å². The van der Waals surface area contributed by atoms with Gasteiger partial charge in [0, 0.05) is 12.3 Å². The van der Waals surface area contributed by atoms with E-state index in [-0.39, 0.29) is 18.4 Å². The van der Waals surface area contributed by atoms with E-state index in [0.717, 1.165) is 69.8 Å². The Hall–Kier alpha value is -1.39. The van der Waals surface area contributed by atoms with Gasteiger partial charge in [-0.2, -0.15) is 0 Å². The van der Waals surface area contributed by atoms with Crippen LogP contribution < -0.4 is 0 Å². The highest BCUT2D eigenvalue weighted by Gasteiger charge is 2.38. The summed E-state index contributed by atoms with van der Waals surface area (Å²) >= 11 is 0. The average Bonchev–Trinajstić information content (AvgIpc) is 2.96. The fraction of sp³-hybridized carbons (Fsp3) is 0.682. The summed E-state index contributed by atoms with van der Waals surface area (Å²) in [7, 11) is 0. The maximum Gasteiger partial charge on any atom is 0.303 e. The molecule has 0 bridgehead atoms. The van der Waals surface area contributed by atoms with Crippen LogP contribution in [-0.4, -0.2) is 27.4 Å². The summed E-state index contributed by atoms with van der Waals surface area (Å²) in [5.41, 5.74) is 1.58.